The highest BCUT2D eigenvalue weighted by Gasteiger charge is 2.40. The molecule has 0 N–H and O–H groups in total. The highest BCUT2D eigenvalue weighted by Crippen LogP contribution is 2.32. The number of halogens is 3. The van der Waals surface area contributed by atoms with Gasteiger partial charge in [-0.3, -0.25) is 0 Å². The minimum atomic E-state index is -4.56. The van der Waals surface area contributed by atoms with E-state index in [1.54, 1.807) is 13.8 Å². The van der Waals surface area contributed by atoms with Crippen LogP contribution < -0.4 is 4.74 Å². The van der Waals surface area contributed by atoms with Crippen LogP contribution in [0.4, 0.5) is 13.2 Å². The molecule has 1 aliphatic heterocycles. The van der Waals surface area contributed by atoms with Gasteiger partial charge >= 0.3 is 6.18 Å². The van der Waals surface area contributed by atoms with Crippen LogP contribution >= 0.6 is 0 Å². The summed E-state index contributed by atoms with van der Waals surface area (Å²) in [6, 6.07) is 5.34. The molecule has 3 rings (SSSR count). The zero-order chi connectivity index (χ0) is 20.9. The summed E-state index contributed by atoms with van der Waals surface area (Å²) in [5.41, 5.74) is 2.14. The summed E-state index contributed by atoms with van der Waals surface area (Å²) in [6.45, 7) is 7.40. The third-order valence-electron chi connectivity index (χ3n) is 5.01. The van der Waals surface area contributed by atoms with Crippen molar-refractivity contribution in [2.45, 2.75) is 44.9 Å². The molecule has 2 aromatic rings. The second-order valence-electron chi connectivity index (χ2n) is 7.01. The molecule has 0 atom stereocenters. The molecule has 1 saturated heterocycles. The SMILES string of the molecule is Cc1cc(C)c(C)c(S(=O)(=O)N2CC(Oc3cccc(C(F)(F)F)n3)C2)c1C. The Labute approximate surface area is 162 Å². The summed E-state index contributed by atoms with van der Waals surface area (Å²) in [6.07, 6.45) is -5.11. The fourth-order valence-corrected chi connectivity index (χ4v) is 5.26. The molecule has 5 nitrogen and oxygen atoms in total. The molecule has 0 unspecified atom stereocenters. The fraction of sp³-hybridized carbons (Fsp3) is 0.421. The lowest BCUT2D eigenvalue weighted by atomic mass is 10.0. The van der Waals surface area contributed by atoms with Gasteiger partial charge in [-0.05, 0) is 56.0 Å². The highest BCUT2D eigenvalue weighted by molar-refractivity contribution is 7.89. The summed E-state index contributed by atoms with van der Waals surface area (Å²) in [4.78, 5) is 3.74. The summed E-state index contributed by atoms with van der Waals surface area (Å²) in [5.74, 6) is -0.171. The van der Waals surface area contributed by atoms with E-state index in [9.17, 15) is 21.6 Å². The first-order valence-electron chi connectivity index (χ1n) is 8.69. The van der Waals surface area contributed by atoms with Crippen molar-refractivity contribution in [1.82, 2.24) is 9.29 Å². The largest absolute Gasteiger partial charge is 0.472 e. The third kappa shape index (κ3) is 3.73. The molecule has 0 radical (unpaired) electrons. The predicted octanol–water partition coefficient (Wildman–Crippen LogP) is 3.79. The number of hydrogen-bond acceptors (Lipinski definition) is 4. The first-order chi connectivity index (χ1) is 12.9. The van der Waals surface area contributed by atoms with Crippen LogP contribution in [0.25, 0.3) is 0 Å². The second kappa shape index (κ2) is 7.04. The van der Waals surface area contributed by atoms with Gasteiger partial charge in [-0.2, -0.15) is 17.5 Å². The van der Waals surface area contributed by atoms with Crippen molar-refractivity contribution in [3.63, 3.8) is 0 Å². The van der Waals surface area contributed by atoms with Crippen molar-refractivity contribution in [2.24, 2.45) is 0 Å². The van der Waals surface area contributed by atoms with Gasteiger partial charge in [0.25, 0.3) is 0 Å². The van der Waals surface area contributed by atoms with Crippen molar-refractivity contribution < 1.29 is 26.3 Å². The normalized spacial score (nSPS) is 16.1. The van der Waals surface area contributed by atoms with E-state index in [2.05, 4.69) is 4.98 Å². The molecule has 1 aliphatic rings. The minimum absolute atomic E-state index is 0.0616. The Hall–Kier alpha value is -2.13. The molecular weight excluding hydrogens is 393 g/mol. The molecule has 0 saturated carbocycles. The van der Waals surface area contributed by atoms with Crippen LogP contribution in [0.15, 0.2) is 29.2 Å². The molecule has 0 amide bonds. The monoisotopic (exact) mass is 414 g/mol. The van der Waals surface area contributed by atoms with E-state index in [0.29, 0.717) is 16.0 Å². The Balaban J connectivity index is 1.75. The maximum absolute atomic E-state index is 13.1. The Bertz CT molecular complexity index is 988. The number of rotatable bonds is 4. The van der Waals surface area contributed by atoms with E-state index in [4.69, 9.17) is 4.74 Å². The van der Waals surface area contributed by atoms with E-state index < -0.39 is 28.0 Å². The molecule has 1 aromatic carbocycles. The molecule has 28 heavy (non-hydrogen) atoms. The fourth-order valence-electron chi connectivity index (χ4n) is 3.18. The van der Waals surface area contributed by atoms with E-state index >= 15 is 0 Å². The number of aromatic nitrogens is 1. The summed E-state index contributed by atoms with van der Waals surface area (Å²) >= 11 is 0. The van der Waals surface area contributed by atoms with Gasteiger partial charge in [-0.25, -0.2) is 13.4 Å². The number of hydrogen-bond donors (Lipinski definition) is 0. The molecule has 0 bridgehead atoms. The van der Waals surface area contributed by atoms with Gasteiger partial charge in [0.2, 0.25) is 15.9 Å². The number of benzene rings is 1. The molecule has 0 aliphatic carbocycles. The van der Waals surface area contributed by atoms with Gasteiger partial charge in [0, 0.05) is 6.07 Å². The second-order valence-corrected chi connectivity index (χ2v) is 8.88. The molecule has 1 aromatic heterocycles. The molecular formula is C19H21F3N2O3S. The van der Waals surface area contributed by atoms with Gasteiger partial charge in [0.05, 0.1) is 18.0 Å². The molecule has 2 heterocycles. The van der Waals surface area contributed by atoms with Crippen LogP contribution in [0.5, 0.6) is 5.88 Å². The average Bonchev–Trinajstić information content (AvgIpc) is 2.55. The zero-order valence-corrected chi connectivity index (χ0v) is 16.8. The van der Waals surface area contributed by atoms with Crippen LogP contribution in [-0.2, 0) is 16.2 Å². The van der Waals surface area contributed by atoms with Gasteiger partial charge in [0.15, 0.2) is 0 Å². The van der Waals surface area contributed by atoms with Crippen molar-refractivity contribution in [3.8, 4) is 5.88 Å². The Kier molecular flexibility index (Phi) is 5.18. The Morgan fingerprint density at radius 3 is 2.18 bits per heavy atom. The lowest BCUT2D eigenvalue weighted by molar-refractivity contribution is -0.141. The molecule has 0 spiro atoms. The van der Waals surface area contributed by atoms with Crippen molar-refractivity contribution in [1.29, 1.82) is 0 Å². The molecule has 1 fully saturated rings. The number of aryl methyl sites for hydroxylation is 2. The smallest absolute Gasteiger partial charge is 0.433 e. The summed E-state index contributed by atoms with van der Waals surface area (Å²) < 4.78 is 71.0. The van der Waals surface area contributed by atoms with E-state index in [0.717, 1.165) is 17.2 Å². The number of ether oxygens (including phenoxy) is 1. The summed E-state index contributed by atoms with van der Waals surface area (Å²) in [5, 5.41) is 0. The van der Waals surface area contributed by atoms with E-state index in [1.807, 2.05) is 19.9 Å². The predicted molar refractivity (Wildman–Crippen MR) is 97.8 cm³/mol. The summed E-state index contributed by atoms with van der Waals surface area (Å²) in [7, 11) is -3.71. The van der Waals surface area contributed by atoms with E-state index in [1.165, 1.54) is 16.4 Å². The third-order valence-corrected chi connectivity index (χ3v) is 7.12. The van der Waals surface area contributed by atoms with Crippen molar-refractivity contribution >= 4 is 10.0 Å². The first kappa shape index (κ1) is 20.6. The number of pyridine rings is 1. The lowest BCUT2D eigenvalue weighted by Gasteiger charge is -2.38. The van der Waals surface area contributed by atoms with Crippen LogP contribution in [0.1, 0.15) is 27.9 Å². The van der Waals surface area contributed by atoms with E-state index in [-0.39, 0.29) is 19.0 Å². The Morgan fingerprint density at radius 1 is 1.07 bits per heavy atom. The Morgan fingerprint density at radius 2 is 1.64 bits per heavy atom. The average molecular weight is 414 g/mol. The quantitative estimate of drug-likeness (QED) is 0.764. The van der Waals surface area contributed by atoms with Crippen molar-refractivity contribution in [3.05, 3.63) is 52.2 Å². The minimum Gasteiger partial charge on any atom is -0.472 e. The van der Waals surface area contributed by atoms with Gasteiger partial charge in [-0.1, -0.05) is 12.1 Å². The van der Waals surface area contributed by atoms with Gasteiger partial charge in [0.1, 0.15) is 11.8 Å². The van der Waals surface area contributed by atoms with Crippen LogP contribution in [0.2, 0.25) is 0 Å². The maximum Gasteiger partial charge on any atom is 0.433 e. The first-order valence-corrected chi connectivity index (χ1v) is 10.1. The lowest BCUT2D eigenvalue weighted by Crippen LogP contribution is -2.56. The zero-order valence-electron chi connectivity index (χ0n) is 16.0. The van der Waals surface area contributed by atoms with Crippen LogP contribution in [-0.4, -0.2) is 36.9 Å². The van der Waals surface area contributed by atoms with Crippen LogP contribution in [0, 0.1) is 27.7 Å². The topological polar surface area (TPSA) is 59.5 Å². The molecule has 152 valence electrons. The maximum atomic E-state index is 13.1. The number of sulfonamides is 1. The van der Waals surface area contributed by atoms with Crippen molar-refractivity contribution in [2.75, 3.05) is 13.1 Å². The van der Waals surface area contributed by atoms with Gasteiger partial charge in [-0.15, -0.1) is 0 Å². The molecule has 9 heteroatoms. The van der Waals surface area contributed by atoms with Gasteiger partial charge < -0.3 is 4.74 Å². The highest BCUT2D eigenvalue weighted by atomic mass is 32.2. The standard InChI is InChI=1S/C19H21F3N2O3S/c1-11-8-12(2)14(4)18(13(11)3)28(25,26)24-9-15(10-24)27-17-7-5-6-16(23-17)19(20,21)22/h5-8,15H,9-10H2,1-4H3. The number of nitrogens with zero attached hydrogens (tertiary/aromatic N) is 2. The number of alkyl halides is 3. The van der Waals surface area contributed by atoms with Crippen LogP contribution in [0.3, 0.4) is 0 Å².